The topological polar surface area (TPSA) is 83.8 Å². The van der Waals surface area contributed by atoms with Crippen LogP contribution < -0.4 is 9.80 Å². The first-order valence-electron chi connectivity index (χ1n) is 38.6. The van der Waals surface area contributed by atoms with Crippen LogP contribution in [0.25, 0.3) is 178 Å². The molecular formula is C106H68N8. The summed E-state index contributed by atoms with van der Waals surface area (Å²) in [6.07, 6.45) is 0. The highest BCUT2D eigenvalue weighted by molar-refractivity contribution is 6.18. The Kier molecular flexibility index (Phi) is 16.7. The molecule has 18 aromatic carbocycles. The molecular weight excluding hydrogens is 1390 g/mol. The maximum Gasteiger partial charge on any atom is 0.164 e. The smallest absolute Gasteiger partial charge is 0.164 e. The van der Waals surface area contributed by atoms with Gasteiger partial charge in [0.05, 0.1) is 22.7 Å². The molecule has 532 valence electrons. The zero-order valence-electron chi connectivity index (χ0n) is 61.8. The van der Waals surface area contributed by atoms with Gasteiger partial charge < -0.3 is 9.80 Å². The van der Waals surface area contributed by atoms with Crippen LogP contribution in [0.5, 0.6) is 0 Å². The predicted molar refractivity (Wildman–Crippen MR) is 471 cm³/mol. The Morgan fingerprint density at radius 2 is 0.421 bits per heavy atom. The maximum atomic E-state index is 5.26. The molecule has 2 aromatic heterocycles. The molecule has 0 spiro atoms. The van der Waals surface area contributed by atoms with Gasteiger partial charge in [-0.2, -0.15) is 0 Å². The summed E-state index contributed by atoms with van der Waals surface area (Å²) >= 11 is 0. The standard InChI is InChI=1S/2C53H34N4/c1-3-15-35(16-4-1)38-21-13-22-40(33-38)52-54-51(37-18-5-2-6-19-37)55-53(56-52)47-32-31-46-43-24-10-12-28-49(43)57(41-30-29-36-17-7-8-20-39(36)34-41)48-27-11-9-23-42(48)44-25-14-26-45(47)50(44)46;1-3-14-35(15-4-1)37-26-28-39(29-27-37)52-54-51(38-17-5-2-6-18-38)55-53(56-52)47-33-32-46-43-21-10-12-25-49(43)57(41-31-30-36-16-7-8-19-40(36)34-41)48-24-11-9-20-42(48)44-22-13-23-45(47)50(44)46/h2*1-34H. The Balaban J connectivity index is 0.000000143. The number of para-hydroxylation sites is 4. The van der Waals surface area contributed by atoms with E-state index in [0.29, 0.717) is 34.9 Å². The molecule has 0 N–H and O–H groups in total. The van der Waals surface area contributed by atoms with Gasteiger partial charge >= 0.3 is 0 Å². The van der Waals surface area contributed by atoms with Crippen molar-refractivity contribution in [2.24, 2.45) is 0 Å². The molecule has 8 heteroatoms. The van der Waals surface area contributed by atoms with E-state index in [0.717, 1.165) is 139 Å². The molecule has 0 atom stereocenters. The third kappa shape index (κ3) is 12.1. The molecule has 8 nitrogen and oxygen atoms in total. The average Bonchev–Trinajstić information content (AvgIpc) is 0.729. The fourth-order valence-corrected chi connectivity index (χ4v) is 16.7. The van der Waals surface area contributed by atoms with Crippen LogP contribution in [0.2, 0.25) is 0 Å². The van der Waals surface area contributed by atoms with E-state index in [4.69, 9.17) is 29.9 Å². The molecule has 0 fully saturated rings. The van der Waals surface area contributed by atoms with Crippen molar-refractivity contribution < 1.29 is 0 Å². The third-order valence-electron chi connectivity index (χ3n) is 22.1. The van der Waals surface area contributed by atoms with Gasteiger partial charge in [-0.15, -0.1) is 0 Å². The highest BCUT2D eigenvalue weighted by atomic mass is 15.2. The zero-order valence-corrected chi connectivity index (χ0v) is 61.8. The van der Waals surface area contributed by atoms with Crippen molar-refractivity contribution in [3.8, 4) is 135 Å². The summed E-state index contributed by atoms with van der Waals surface area (Å²) in [5, 5.41) is 9.37. The molecule has 0 saturated heterocycles. The van der Waals surface area contributed by atoms with Crippen LogP contribution in [-0.4, -0.2) is 29.9 Å². The van der Waals surface area contributed by atoms with Gasteiger partial charge in [0.25, 0.3) is 0 Å². The number of nitrogens with zero attached hydrogens (tertiary/aromatic N) is 8. The molecule has 114 heavy (non-hydrogen) atoms. The fraction of sp³-hybridized carbons (Fsp3) is 0. The Bertz CT molecular complexity index is 7000. The van der Waals surface area contributed by atoms with Gasteiger partial charge in [0.1, 0.15) is 0 Å². The van der Waals surface area contributed by atoms with Crippen molar-refractivity contribution in [1.29, 1.82) is 0 Å². The second-order valence-corrected chi connectivity index (χ2v) is 28.8. The second kappa shape index (κ2) is 28.6. The summed E-state index contributed by atoms with van der Waals surface area (Å²) in [7, 11) is 0. The number of fused-ring (bicyclic) bond motifs is 10. The van der Waals surface area contributed by atoms with Gasteiger partial charge in [0.15, 0.2) is 34.9 Å². The Labute approximate surface area is 660 Å². The van der Waals surface area contributed by atoms with Gasteiger partial charge in [-0.25, -0.2) is 29.9 Å². The summed E-state index contributed by atoms with van der Waals surface area (Å²) in [6.45, 7) is 0. The quantitative estimate of drug-likeness (QED) is 0.134. The molecule has 20 aromatic rings. The monoisotopic (exact) mass is 1450 g/mol. The average molecular weight is 1450 g/mol. The van der Waals surface area contributed by atoms with Gasteiger partial charge in [0, 0.05) is 67.0 Å². The minimum absolute atomic E-state index is 0.632. The number of rotatable bonds is 10. The normalized spacial score (nSPS) is 11.8. The molecule has 0 aliphatic carbocycles. The van der Waals surface area contributed by atoms with Crippen LogP contribution in [0.15, 0.2) is 413 Å². The molecule has 22 rings (SSSR count). The minimum atomic E-state index is 0.632. The van der Waals surface area contributed by atoms with E-state index in [9.17, 15) is 0 Å². The maximum absolute atomic E-state index is 5.26. The molecule has 2 aliphatic rings. The van der Waals surface area contributed by atoms with E-state index in [1.54, 1.807) is 0 Å². The first kappa shape index (κ1) is 66.8. The van der Waals surface area contributed by atoms with E-state index in [1.807, 2.05) is 48.5 Å². The Hall–Kier alpha value is -15.4. The first-order chi connectivity index (χ1) is 56.5. The number of aromatic nitrogens is 6. The lowest BCUT2D eigenvalue weighted by Gasteiger charge is -2.32. The summed E-state index contributed by atoms with van der Waals surface area (Å²) in [5.74, 6) is 3.81. The van der Waals surface area contributed by atoms with Crippen LogP contribution in [0.4, 0.5) is 34.1 Å². The molecule has 0 radical (unpaired) electrons. The van der Waals surface area contributed by atoms with E-state index >= 15 is 0 Å². The molecule has 4 heterocycles. The largest absolute Gasteiger partial charge is 0.309 e. The molecule has 2 aliphatic heterocycles. The summed E-state index contributed by atoms with van der Waals surface area (Å²) in [5.41, 5.74) is 26.2. The Morgan fingerprint density at radius 3 is 0.842 bits per heavy atom. The summed E-state index contributed by atoms with van der Waals surface area (Å²) in [4.78, 5) is 35.9. The third-order valence-corrected chi connectivity index (χ3v) is 22.1. The van der Waals surface area contributed by atoms with Gasteiger partial charge in [-0.1, -0.05) is 346 Å². The summed E-state index contributed by atoms with van der Waals surface area (Å²) < 4.78 is 0. The SMILES string of the molecule is c1ccc(-c2ccc(-c3nc(-c4ccccc4)nc(-c4ccc5c6c(cccc46)-c4ccccc4N(c4ccc6ccccc6c4)c4ccccc4-5)n3)cc2)cc1.c1ccc(-c2cccc(-c3nc(-c4ccccc4)nc(-c4ccc5c6c(cccc46)-c4ccccc4N(c4ccc6ccccc6c4)c4ccccc4-5)n3)c2)cc1. The van der Waals surface area contributed by atoms with Crippen LogP contribution in [-0.2, 0) is 0 Å². The highest BCUT2D eigenvalue weighted by Gasteiger charge is 2.30. The van der Waals surface area contributed by atoms with Crippen LogP contribution >= 0.6 is 0 Å². The van der Waals surface area contributed by atoms with Crippen LogP contribution in [0.1, 0.15) is 0 Å². The van der Waals surface area contributed by atoms with Crippen LogP contribution in [0.3, 0.4) is 0 Å². The highest BCUT2D eigenvalue weighted by Crippen LogP contribution is 2.55. The number of anilines is 6. The molecule has 0 unspecified atom stereocenters. The van der Waals surface area contributed by atoms with Crippen LogP contribution in [0, 0.1) is 0 Å². The van der Waals surface area contributed by atoms with E-state index < -0.39 is 0 Å². The summed E-state index contributed by atoms with van der Waals surface area (Å²) in [6, 6.07) is 146. The van der Waals surface area contributed by atoms with Crippen molar-refractivity contribution in [1.82, 2.24) is 29.9 Å². The van der Waals surface area contributed by atoms with Crippen molar-refractivity contribution in [2.45, 2.75) is 0 Å². The molecule has 0 amide bonds. The van der Waals surface area contributed by atoms with Gasteiger partial charge in [-0.05, 0) is 154 Å². The number of hydrogen-bond donors (Lipinski definition) is 0. The second-order valence-electron chi connectivity index (χ2n) is 28.8. The fourth-order valence-electron chi connectivity index (χ4n) is 16.7. The van der Waals surface area contributed by atoms with Crippen molar-refractivity contribution in [3.63, 3.8) is 0 Å². The van der Waals surface area contributed by atoms with Crippen molar-refractivity contribution >= 4 is 77.2 Å². The van der Waals surface area contributed by atoms with E-state index in [-0.39, 0.29) is 0 Å². The minimum Gasteiger partial charge on any atom is -0.309 e. The number of hydrogen-bond acceptors (Lipinski definition) is 8. The van der Waals surface area contributed by atoms with E-state index in [1.165, 1.54) is 37.9 Å². The number of benzene rings is 18. The molecule has 0 bridgehead atoms. The van der Waals surface area contributed by atoms with Gasteiger partial charge in [-0.3, -0.25) is 0 Å². The lowest BCUT2D eigenvalue weighted by molar-refractivity contribution is 1.08. The van der Waals surface area contributed by atoms with E-state index in [2.05, 4.69) is 374 Å². The molecule has 0 saturated carbocycles. The lowest BCUT2D eigenvalue weighted by Crippen LogP contribution is -2.13. The van der Waals surface area contributed by atoms with Crippen molar-refractivity contribution in [3.05, 3.63) is 413 Å². The first-order valence-corrected chi connectivity index (χ1v) is 38.6. The Morgan fingerprint density at radius 1 is 0.149 bits per heavy atom. The van der Waals surface area contributed by atoms with Gasteiger partial charge in [0.2, 0.25) is 0 Å². The zero-order chi connectivity index (χ0) is 75.4. The lowest BCUT2D eigenvalue weighted by atomic mass is 9.86. The predicted octanol–water partition coefficient (Wildman–Crippen LogP) is 27.9. The van der Waals surface area contributed by atoms with Crippen molar-refractivity contribution in [2.75, 3.05) is 9.80 Å².